The average molecular weight is 492 g/mol. The van der Waals surface area contributed by atoms with Gasteiger partial charge in [0.2, 0.25) is 10.0 Å². The summed E-state index contributed by atoms with van der Waals surface area (Å²) in [6, 6.07) is 6.94. The summed E-state index contributed by atoms with van der Waals surface area (Å²) in [4.78, 5) is 8.33. The van der Waals surface area contributed by atoms with Crippen LogP contribution < -0.4 is 4.72 Å². The van der Waals surface area contributed by atoms with Crippen LogP contribution >= 0.6 is 0 Å². The quantitative estimate of drug-likeness (QED) is 0.541. The van der Waals surface area contributed by atoms with Crippen molar-refractivity contribution in [3.8, 4) is 17.5 Å². The molecule has 0 spiro atoms. The van der Waals surface area contributed by atoms with Crippen LogP contribution in [0.5, 0.6) is 0 Å². The third-order valence-electron chi connectivity index (χ3n) is 6.17. The molecule has 0 aliphatic heterocycles. The lowest BCUT2D eigenvalue weighted by Gasteiger charge is -2.28. The number of alkyl halides is 3. The van der Waals surface area contributed by atoms with Crippen LogP contribution in [0.4, 0.5) is 13.2 Å². The molecular formula is C23H24F3N5O2S. The van der Waals surface area contributed by atoms with Gasteiger partial charge >= 0.3 is 6.18 Å². The molecule has 0 bridgehead atoms. The normalized spacial score (nSPS) is 15.7. The zero-order chi connectivity index (χ0) is 24.9. The zero-order valence-electron chi connectivity index (χ0n) is 18.9. The Labute approximate surface area is 195 Å². The van der Waals surface area contributed by atoms with Gasteiger partial charge in [-0.25, -0.2) is 8.42 Å². The molecule has 1 N–H and O–H groups in total. The number of aryl methyl sites for hydroxylation is 1. The molecule has 0 atom stereocenters. The van der Waals surface area contributed by atoms with E-state index in [0.717, 1.165) is 56.8 Å². The van der Waals surface area contributed by atoms with Gasteiger partial charge in [0.25, 0.3) is 0 Å². The lowest BCUT2D eigenvalue weighted by atomic mass is 10.1. The third kappa shape index (κ3) is 4.16. The third-order valence-corrected chi connectivity index (χ3v) is 7.81. The molecular weight excluding hydrogens is 467 g/mol. The molecule has 34 heavy (non-hydrogen) atoms. The van der Waals surface area contributed by atoms with E-state index in [9.17, 15) is 26.9 Å². The van der Waals surface area contributed by atoms with Crippen LogP contribution in [0.25, 0.3) is 22.4 Å². The largest absolute Gasteiger partial charge is 0.407 e. The second kappa shape index (κ2) is 8.36. The van der Waals surface area contributed by atoms with Crippen molar-refractivity contribution >= 4 is 21.1 Å². The Morgan fingerprint density at radius 3 is 2.38 bits per heavy atom. The molecule has 0 radical (unpaired) electrons. The Hall–Kier alpha value is -2.97. The van der Waals surface area contributed by atoms with E-state index >= 15 is 0 Å². The molecule has 1 fully saturated rings. The first-order valence-electron chi connectivity index (χ1n) is 10.8. The summed E-state index contributed by atoms with van der Waals surface area (Å²) >= 11 is 0. The molecule has 7 nitrogen and oxygen atoms in total. The van der Waals surface area contributed by atoms with Crippen molar-refractivity contribution in [2.24, 2.45) is 0 Å². The van der Waals surface area contributed by atoms with Crippen molar-refractivity contribution in [3.05, 3.63) is 41.7 Å². The first kappa shape index (κ1) is 24.2. The molecule has 3 aromatic heterocycles. The Balaban J connectivity index is 1.82. The van der Waals surface area contributed by atoms with E-state index in [4.69, 9.17) is 0 Å². The summed E-state index contributed by atoms with van der Waals surface area (Å²) in [6.45, 7) is 3.42. The van der Waals surface area contributed by atoms with Gasteiger partial charge in [0.15, 0.2) is 0 Å². The molecule has 11 heteroatoms. The Kier molecular flexibility index (Phi) is 5.94. The van der Waals surface area contributed by atoms with Crippen molar-refractivity contribution in [1.29, 1.82) is 5.26 Å². The fourth-order valence-electron chi connectivity index (χ4n) is 4.31. The predicted molar refractivity (Wildman–Crippen MR) is 120 cm³/mol. The number of halogens is 3. The average Bonchev–Trinajstić information content (AvgIpc) is 3.37. The Morgan fingerprint density at radius 2 is 1.82 bits per heavy atom. The highest BCUT2D eigenvalue weighted by atomic mass is 32.2. The SMILES string of the molecule is Cc1cnc2c(C#N)c(-c3ccc(S(=O)(=O)NC(C)(C)C(F)(F)F)cn3)n(C3CCCC3)c2c1. The molecule has 0 aromatic carbocycles. The number of fused-ring (bicyclic) bond motifs is 1. The molecule has 1 saturated carbocycles. The molecule has 4 rings (SSSR count). The van der Waals surface area contributed by atoms with Gasteiger partial charge < -0.3 is 4.57 Å². The number of aromatic nitrogens is 3. The van der Waals surface area contributed by atoms with Crippen LogP contribution in [0.3, 0.4) is 0 Å². The molecule has 3 aromatic rings. The van der Waals surface area contributed by atoms with E-state index in [0.29, 0.717) is 22.5 Å². The molecule has 1 aliphatic rings. The highest BCUT2D eigenvalue weighted by Gasteiger charge is 2.49. The first-order valence-corrected chi connectivity index (χ1v) is 12.3. The molecule has 0 saturated heterocycles. The minimum absolute atomic E-state index is 0.141. The van der Waals surface area contributed by atoms with Gasteiger partial charge in [-0.3, -0.25) is 9.97 Å². The van der Waals surface area contributed by atoms with Gasteiger partial charge in [0, 0.05) is 18.4 Å². The van der Waals surface area contributed by atoms with Gasteiger partial charge in [-0.15, -0.1) is 0 Å². The number of hydrogen-bond donors (Lipinski definition) is 1. The second-order valence-corrected chi connectivity index (χ2v) is 10.8. The monoisotopic (exact) mass is 491 g/mol. The molecule has 0 amide bonds. The van der Waals surface area contributed by atoms with E-state index < -0.39 is 26.6 Å². The fraction of sp³-hybridized carbons (Fsp3) is 0.435. The summed E-state index contributed by atoms with van der Waals surface area (Å²) < 4.78 is 68.5. The molecule has 3 heterocycles. The summed E-state index contributed by atoms with van der Waals surface area (Å²) in [5.41, 5.74) is 0.863. The van der Waals surface area contributed by atoms with E-state index in [1.807, 2.05) is 13.0 Å². The smallest absolute Gasteiger partial charge is 0.334 e. The van der Waals surface area contributed by atoms with Gasteiger partial charge in [0.05, 0.1) is 16.9 Å². The zero-order valence-corrected chi connectivity index (χ0v) is 19.8. The van der Waals surface area contributed by atoms with Crippen LogP contribution in [0.15, 0.2) is 35.5 Å². The lowest BCUT2D eigenvalue weighted by molar-refractivity contribution is -0.180. The number of pyridine rings is 2. The minimum atomic E-state index is -4.78. The van der Waals surface area contributed by atoms with Gasteiger partial charge in [-0.1, -0.05) is 12.8 Å². The first-order chi connectivity index (χ1) is 15.9. The molecule has 180 valence electrons. The lowest BCUT2D eigenvalue weighted by Crippen LogP contribution is -2.54. The highest BCUT2D eigenvalue weighted by Crippen LogP contribution is 2.40. The summed E-state index contributed by atoms with van der Waals surface area (Å²) in [5, 5.41) is 9.95. The van der Waals surface area contributed by atoms with E-state index in [-0.39, 0.29) is 6.04 Å². The van der Waals surface area contributed by atoms with Gasteiger partial charge in [0.1, 0.15) is 27.6 Å². The van der Waals surface area contributed by atoms with Crippen molar-refractivity contribution in [2.75, 3.05) is 0 Å². The molecule has 0 unspecified atom stereocenters. The maximum absolute atomic E-state index is 13.2. The van der Waals surface area contributed by atoms with Crippen molar-refractivity contribution in [2.45, 2.75) is 69.1 Å². The number of hydrogen-bond acceptors (Lipinski definition) is 5. The number of sulfonamides is 1. The molecule has 1 aliphatic carbocycles. The predicted octanol–water partition coefficient (Wildman–Crippen LogP) is 5.01. The maximum atomic E-state index is 13.2. The fourth-order valence-corrected chi connectivity index (χ4v) is 5.66. The Morgan fingerprint density at radius 1 is 1.15 bits per heavy atom. The maximum Gasteiger partial charge on any atom is 0.407 e. The highest BCUT2D eigenvalue weighted by molar-refractivity contribution is 7.89. The van der Waals surface area contributed by atoms with E-state index in [1.54, 1.807) is 10.9 Å². The standard InChI is InChI=1S/C23H24F3N5O2S/c1-14-10-19-20(29-12-14)17(11-27)21(31(19)15-6-4-5-7-15)18-9-8-16(13-28-18)34(32,33)30-22(2,3)23(24,25)26/h8-10,12-13,15,30H,4-7H2,1-3H3. The van der Waals surface area contributed by atoms with Crippen LogP contribution in [-0.4, -0.2) is 34.7 Å². The van der Waals surface area contributed by atoms with Crippen molar-refractivity contribution in [1.82, 2.24) is 19.3 Å². The Bertz CT molecular complexity index is 1380. The van der Waals surface area contributed by atoms with E-state index in [2.05, 4.69) is 20.6 Å². The van der Waals surface area contributed by atoms with Crippen molar-refractivity contribution in [3.63, 3.8) is 0 Å². The summed E-state index contributed by atoms with van der Waals surface area (Å²) in [6.07, 6.45) is 1.88. The number of nitrogens with one attached hydrogen (secondary N) is 1. The number of nitrogens with zero attached hydrogens (tertiary/aromatic N) is 4. The van der Waals surface area contributed by atoms with Crippen LogP contribution in [-0.2, 0) is 10.0 Å². The number of rotatable bonds is 5. The van der Waals surface area contributed by atoms with Crippen molar-refractivity contribution < 1.29 is 21.6 Å². The van der Waals surface area contributed by atoms with Gasteiger partial charge in [-0.05, 0) is 57.4 Å². The second-order valence-electron chi connectivity index (χ2n) is 9.13. The summed E-state index contributed by atoms with van der Waals surface area (Å²) in [5.74, 6) is 0. The van der Waals surface area contributed by atoms with Crippen LogP contribution in [0, 0.1) is 18.3 Å². The van der Waals surface area contributed by atoms with E-state index in [1.165, 1.54) is 12.1 Å². The van der Waals surface area contributed by atoms with Crippen LogP contribution in [0.2, 0.25) is 0 Å². The minimum Gasteiger partial charge on any atom is -0.334 e. The van der Waals surface area contributed by atoms with Gasteiger partial charge in [-0.2, -0.15) is 23.2 Å². The number of nitriles is 1. The van der Waals surface area contributed by atoms with Crippen LogP contribution in [0.1, 0.15) is 56.7 Å². The topological polar surface area (TPSA) is 101 Å². The summed E-state index contributed by atoms with van der Waals surface area (Å²) in [7, 11) is -4.49.